The topological polar surface area (TPSA) is 142 Å². The maximum atomic E-state index is 11.6. The lowest BCUT2D eigenvalue weighted by atomic mass is 10.4. The van der Waals surface area contributed by atoms with Crippen molar-refractivity contribution in [2.24, 2.45) is 5.73 Å². The molecule has 2 rings (SSSR count). The van der Waals surface area contributed by atoms with Crippen LogP contribution >= 0.6 is 0 Å². The molecule has 0 aliphatic heterocycles. The van der Waals surface area contributed by atoms with Crippen LogP contribution in [0.1, 0.15) is 6.92 Å². The number of hydrogen-bond donors (Lipinski definition) is 3. The summed E-state index contributed by atoms with van der Waals surface area (Å²) < 4.78 is 1.04. The van der Waals surface area contributed by atoms with Gasteiger partial charge in [0.2, 0.25) is 5.95 Å². The molecule has 9 heteroatoms. The van der Waals surface area contributed by atoms with Crippen LogP contribution in [0.25, 0.3) is 11.2 Å². The Bertz CT molecular complexity index is 630. The molecule has 1 unspecified atom stereocenters. The number of aromatic amines is 1. The molecule has 0 radical (unpaired) electrons. The van der Waals surface area contributed by atoms with Gasteiger partial charge in [-0.15, -0.1) is 0 Å². The number of carbonyl (C=O) groups excluding carboxylic acids is 1. The molecule has 1 atom stereocenters. The quantitative estimate of drug-likeness (QED) is 0.564. The molecule has 0 spiro atoms. The normalized spacial score (nSPS) is 12.5. The second-order valence-electron chi connectivity index (χ2n) is 3.34. The van der Waals surface area contributed by atoms with E-state index in [0.717, 1.165) is 4.73 Å². The number of aromatic nitrogens is 4. The maximum absolute atomic E-state index is 11.6. The van der Waals surface area contributed by atoms with Gasteiger partial charge in [0.15, 0.2) is 17.3 Å². The van der Waals surface area contributed by atoms with Gasteiger partial charge in [0, 0.05) is 0 Å². The Kier molecular flexibility index (Phi) is 2.42. The van der Waals surface area contributed by atoms with E-state index in [1.165, 1.54) is 13.3 Å². The molecule has 0 saturated carbocycles. The van der Waals surface area contributed by atoms with Crippen molar-refractivity contribution in [2.45, 2.75) is 13.0 Å². The van der Waals surface area contributed by atoms with Gasteiger partial charge in [-0.25, -0.2) is 4.98 Å². The lowest BCUT2D eigenvalue weighted by Gasteiger charge is -2.10. The second kappa shape index (κ2) is 3.77. The molecule has 1 amide bonds. The van der Waals surface area contributed by atoms with E-state index in [-0.39, 0.29) is 17.1 Å². The molecule has 0 fully saturated rings. The van der Waals surface area contributed by atoms with E-state index in [1.54, 1.807) is 0 Å². The number of rotatable bonds is 3. The number of primary amides is 1. The summed E-state index contributed by atoms with van der Waals surface area (Å²) in [5, 5.41) is 0. The summed E-state index contributed by atoms with van der Waals surface area (Å²) in [6, 6.07) is 0. The van der Waals surface area contributed by atoms with Crippen LogP contribution < -0.4 is 21.9 Å². The molecule has 2 aromatic heterocycles. The Morgan fingerprint density at radius 2 is 2.35 bits per heavy atom. The molecular weight excluding hydrogens is 228 g/mol. The largest absolute Gasteiger partial charge is 0.399 e. The van der Waals surface area contributed by atoms with Gasteiger partial charge in [-0.05, 0) is 6.92 Å². The van der Waals surface area contributed by atoms with Crippen molar-refractivity contribution in [3.05, 3.63) is 16.7 Å². The SMILES string of the molecule is CC(On1cnc2nc(N)[nH]c(=O)c21)C(N)=O. The zero-order valence-electron chi connectivity index (χ0n) is 8.88. The average molecular weight is 238 g/mol. The molecular formula is C8H10N6O3. The van der Waals surface area contributed by atoms with Gasteiger partial charge in [0.1, 0.15) is 6.33 Å². The number of nitrogens with zero attached hydrogens (tertiary/aromatic N) is 3. The third-order valence-corrected chi connectivity index (χ3v) is 2.07. The van der Waals surface area contributed by atoms with E-state index in [2.05, 4.69) is 15.0 Å². The highest BCUT2D eigenvalue weighted by atomic mass is 16.7. The van der Waals surface area contributed by atoms with E-state index >= 15 is 0 Å². The highest BCUT2D eigenvalue weighted by Gasteiger charge is 2.15. The van der Waals surface area contributed by atoms with Gasteiger partial charge in [-0.2, -0.15) is 9.71 Å². The molecule has 0 bridgehead atoms. The van der Waals surface area contributed by atoms with Crippen LogP contribution in [0.5, 0.6) is 0 Å². The number of hydrogen-bond acceptors (Lipinski definition) is 6. The van der Waals surface area contributed by atoms with Gasteiger partial charge < -0.3 is 16.3 Å². The Morgan fingerprint density at radius 1 is 1.65 bits per heavy atom. The molecule has 5 N–H and O–H groups in total. The minimum Gasteiger partial charge on any atom is -0.399 e. The van der Waals surface area contributed by atoms with Crippen molar-refractivity contribution in [1.29, 1.82) is 0 Å². The minimum absolute atomic E-state index is 0.0456. The number of nitrogens with one attached hydrogen (secondary N) is 1. The number of anilines is 1. The fraction of sp³-hybridized carbons (Fsp3) is 0.250. The highest BCUT2D eigenvalue weighted by molar-refractivity contribution is 5.78. The van der Waals surface area contributed by atoms with E-state index in [9.17, 15) is 9.59 Å². The number of imidazole rings is 1. The van der Waals surface area contributed by atoms with Crippen molar-refractivity contribution in [2.75, 3.05) is 5.73 Å². The summed E-state index contributed by atoms with van der Waals surface area (Å²) in [5.74, 6) is -0.706. The Hall–Kier alpha value is -2.58. The Morgan fingerprint density at radius 3 is 3.00 bits per heavy atom. The number of H-pyrrole nitrogens is 1. The maximum Gasteiger partial charge on any atom is 0.282 e. The number of nitrogens with two attached hydrogens (primary N) is 2. The van der Waals surface area contributed by atoms with Crippen LogP contribution in [0.2, 0.25) is 0 Å². The van der Waals surface area contributed by atoms with Crippen LogP contribution in [-0.2, 0) is 4.79 Å². The fourth-order valence-electron chi connectivity index (χ4n) is 1.23. The molecule has 0 aromatic carbocycles. The molecule has 90 valence electrons. The smallest absolute Gasteiger partial charge is 0.282 e. The minimum atomic E-state index is -0.899. The summed E-state index contributed by atoms with van der Waals surface area (Å²) in [6.45, 7) is 1.45. The monoisotopic (exact) mass is 238 g/mol. The third kappa shape index (κ3) is 1.89. The number of carbonyl (C=O) groups is 1. The zero-order valence-corrected chi connectivity index (χ0v) is 8.88. The van der Waals surface area contributed by atoms with Crippen LogP contribution in [0, 0.1) is 0 Å². The summed E-state index contributed by atoms with van der Waals surface area (Å²) in [5.41, 5.74) is 10.1. The van der Waals surface area contributed by atoms with Crippen LogP contribution in [0.4, 0.5) is 5.95 Å². The van der Waals surface area contributed by atoms with Gasteiger partial charge in [0.05, 0.1) is 0 Å². The summed E-state index contributed by atoms with van der Waals surface area (Å²) in [7, 11) is 0. The van der Waals surface area contributed by atoms with Crippen molar-refractivity contribution < 1.29 is 9.63 Å². The first-order valence-corrected chi connectivity index (χ1v) is 4.68. The predicted molar refractivity (Wildman–Crippen MR) is 57.8 cm³/mol. The average Bonchev–Trinajstić information content (AvgIpc) is 2.60. The molecule has 9 nitrogen and oxygen atoms in total. The van der Waals surface area contributed by atoms with Gasteiger partial charge in [0.25, 0.3) is 11.5 Å². The zero-order chi connectivity index (χ0) is 12.6. The van der Waals surface area contributed by atoms with E-state index in [0.29, 0.717) is 0 Å². The number of amides is 1. The van der Waals surface area contributed by atoms with Crippen molar-refractivity contribution in [3.8, 4) is 0 Å². The molecule has 2 heterocycles. The molecule has 0 saturated heterocycles. The van der Waals surface area contributed by atoms with Gasteiger partial charge in [-0.3, -0.25) is 14.6 Å². The third-order valence-electron chi connectivity index (χ3n) is 2.07. The first-order chi connectivity index (χ1) is 7.99. The van der Waals surface area contributed by atoms with E-state index in [4.69, 9.17) is 16.3 Å². The van der Waals surface area contributed by atoms with Crippen LogP contribution in [0.15, 0.2) is 11.1 Å². The van der Waals surface area contributed by atoms with Gasteiger partial charge >= 0.3 is 0 Å². The molecule has 0 aliphatic carbocycles. The lowest BCUT2D eigenvalue weighted by molar-refractivity contribution is -0.128. The van der Waals surface area contributed by atoms with E-state index < -0.39 is 17.6 Å². The molecule has 17 heavy (non-hydrogen) atoms. The van der Waals surface area contributed by atoms with E-state index in [1.807, 2.05) is 0 Å². The number of nitrogen functional groups attached to an aromatic ring is 1. The Labute approximate surface area is 94.4 Å². The van der Waals surface area contributed by atoms with Crippen molar-refractivity contribution in [1.82, 2.24) is 19.7 Å². The predicted octanol–water partition coefficient (Wildman–Crippen LogP) is -2.00. The first-order valence-electron chi connectivity index (χ1n) is 4.68. The lowest BCUT2D eigenvalue weighted by Crippen LogP contribution is -2.35. The van der Waals surface area contributed by atoms with Crippen LogP contribution in [-0.4, -0.2) is 31.7 Å². The van der Waals surface area contributed by atoms with Crippen molar-refractivity contribution >= 4 is 23.0 Å². The molecule has 0 aliphatic rings. The molecule has 2 aromatic rings. The summed E-state index contributed by atoms with van der Waals surface area (Å²) >= 11 is 0. The summed E-state index contributed by atoms with van der Waals surface area (Å²) in [4.78, 5) is 37.5. The second-order valence-corrected chi connectivity index (χ2v) is 3.34. The highest BCUT2D eigenvalue weighted by Crippen LogP contribution is 2.04. The summed E-state index contributed by atoms with van der Waals surface area (Å²) in [6.07, 6.45) is 0.315. The fourth-order valence-corrected chi connectivity index (χ4v) is 1.23. The number of fused-ring (bicyclic) bond motifs is 1. The van der Waals surface area contributed by atoms with Gasteiger partial charge in [-0.1, -0.05) is 0 Å². The van der Waals surface area contributed by atoms with Crippen molar-refractivity contribution in [3.63, 3.8) is 0 Å². The standard InChI is InChI=1S/C8H10N6O3/c1-3(5(9)15)17-14-2-11-6-4(14)7(16)13-8(10)12-6/h2-3H,1H3,(H2,9,15)(H3,10,12,13,16). The first kappa shape index (κ1) is 10.9. The van der Waals surface area contributed by atoms with Crippen LogP contribution in [0.3, 0.4) is 0 Å². The Balaban J connectivity index is 2.50.